The Morgan fingerprint density at radius 2 is 2.00 bits per heavy atom. The van der Waals surface area contributed by atoms with E-state index < -0.39 is 0 Å². The van der Waals surface area contributed by atoms with Gasteiger partial charge in [-0.05, 0) is 25.2 Å². The summed E-state index contributed by atoms with van der Waals surface area (Å²) in [5.74, 6) is 2.44. The second-order valence-corrected chi connectivity index (χ2v) is 6.49. The Labute approximate surface area is 110 Å². The predicted octanol–water partition coefficient (Wildman–Crippen LogP) is 2.02. The van der Waals surface area contributed by atoms with Crippen LogP contribution in [0.15, 0.2) is 0 Å². The van der Waals surface area contributed by atoms with Crippen molar-refractivity contribution in [2.75, 3.05) is 19.6 Å². The van der Waals surface area contributed by atoms with Crippen molar-refractivity contribution >= 4 is 5.91 Å². The second kappa shape index (κ2) is 5.20. The van der Waals surface area contributed by atoms with E-state index in [1.54, 1.807) is 0 Å². The van der Waals surface area contributed by atoms with Crippen LogP contribution < -0.4 is 5.32 Å². The van der Waals surface area contributed by atoms with Gasteiger partial charge in [0, 0.05) is 31.6 Å². The molecule has 18 heavy (non-hydrogen) atoms. The maximum Gasteiger partial charge on any atom is 0.226 e. The number of hydrogen-bond donors (Lipinski definition) is 1. The zero-order valence-electron chi connectivity index (χ0n) is 11.5. The zero-order valence-corrected chi connectivity index (χ0v) is 11.5. The Morgan fingerprint density at radius 1 is 1.22 bits per heavy atom. The summed E-state index contributed by atoms with van der Waals surface area (Å²) in [7, 11) is 0. The fourth-order valence-electron chi connectivity index (χ4n) is 3.96. The van der Waals surface area contributed by atoms with E-state index in [1.165, 1.54) is 38.5 Å². The molecule has 0 aromatic heterocycles. The van der Waals surface area contributed by atoms with Gasteiger partial charge in [0.25, 0.3) is 0 Å². The first kappa shape index (κ1) is 12.5. The Bertz CT molecular complexity index is 312. The highest BCUT2D eigenvalue weighted by Gasteiger charge is 2.49. The lowest BCUT2D eigenvalue weighted by molar-refractivity contribution is -0.135. The van der Waals surface area contributed by atoms with Crippen molar-refractivity contribution in [3.63, 3.8) is 0 Å². The van der Waals surface area contributed by atoms with Crippen molar-refractivity contribution < 1.29 is 4.79 Å². The van der Waals surface area contributed by atoms with Crippen LogP contribution >= 0.6 is 0 Å². The third-order valence-electron chi connectivity index (χ3n) is 5.20. The third kappa shape index (κ3) is 2.42. The van der Waals surface area contributed by atoms with E-state index in [9.17, 15) is 4.79 Å². The standard InChI is InChI=1S/C15H26N2O/c1-11-10-16-7-8-17(11)15(18)14-9-13(14)12-5-3-2-4-6-12/h11-14,16H,2-10H2,1H3/t11-,13?,14?/m1/s1. The summed E-state index contributed by atoms with van der Waals surface area (Å²) in [5.41, 5.74) is 0. The Balaban J connectivity index is 1.54. The highest BCUT2D eigenvalue weighted by Crippen LogP contribution is 2.50. The smallest absolute Gasteiger partial charge is 0.226 e. The minimum Gasteiger partial charge on any atom is -0.337 e. The average Bonchev–Trinajstić information content (AvgIpc) is 3.20. The zero-order chi connectivity index (χ0) is 12.5. The van der Waals surface area contributed by atoms with Crippen molar-refractivity contribution in [2.45, 2.75) is 51.5 Å². The molecule has 1 amide bonds. The van der Waals surface area contributed by atoms with E-state index in [4.69, 9.17) is 0 Å². The fourth-order valence-corrected chi connectivity index (χ4v) is 3.96. The predicted molar refractivity (Wildman–Crippen MR) is 72.2 cm³/mol. The SMILES string of the molecule is C[C@@H]1CNCCN1C(=O)C1CC1C1CCCCC1. The molecule has 1 aliphatic heterocycles. The van der Waals surface area contributed by atoms with Crippen LogP contribution in [0.3, 0.4) is 0 Å². The molecule has 0 aromatic carbocycles. The highest BCUT2D eigenvalue weighted by molar-refractivity contribution is 5.82. The van der Waals surface area contributed by atoms with Gasteiger partial charge in [0.05, 0.1) is 0 Å². The maximum absolute atomic E-state index is 12.5. The molecule has 3 atom stereocenters. The summed E-state index contributed by atoms with van der Waals surface area (Å²) in [6, 6.07) is 0.388. The van der Waals surface area contributed by atoms with Crippen molar-refractivity contribution in [1.82, 2.24) is 10.2 Å². The van der Waals surface area contributed by atoms with Gasteiger partial charge in [-0.1, -0.05) is 32.1 Å². The second-order valence-electron chi connectivity index (χ2n) is 6.49. The van der Waals surface area contributed by atoms with Crippen molar-refractivity contribution in [3.8, 4) is 0 Å². The monoisotopic (exact) mass is 250 g/mol. The van der Waals surface area contributed by atoms with Gasteiger partial charge < -0.3 is 10.2 Å². The van der Waals surface area contributed by atoms with Gasteiger partial charge >= 0.3 is 0 Å². The van der Waals surface area contributed by atoms with Gasteiger partial charge in [-0.2, -0.15) is 0 Å². The van der Waals surface area contributed by atoms with E-state index >= 15 is 0 Å². The molecule has 3 heteroatoms. The molecule has 3 rings (SSSR count). The number of carbonyl (C=O) groups excluding carboxylic acids is 1. The number of nitrogens with one attached hydrogen (secondary N) is 1. The van der Waals surface area contributed by atoms with Gasteiger partial charge in [0.2, 0.25) is 5.91 Å². The van der Waals surface area contributed by atoms with Crippen LogP contribution in [0.4, 0.5) is 0 Å². The van der Waals surface area contributed by atoms with Crippen LogP contribution in [0.1, 0.15) is 45.4 Å². The maximum atomic E-state index is 12.5. The molecule has 0 aromatic rings. The van der Waals surface area contributed by atoms with Gasteiger partial charge in [-0.3, -0.25) is 4.79 Å². The fraction of sp³-hybridized carbons (Fsp3) is 0.933. The summed E-state index contributed by atoms with van der Waals surface area (Å²) in [5, 5.41) is 3.36. The van der Waals surface area contributed by atoms with E-state index in [-0.39, 0.29) is 0 Å². The van der Waals surface area contributed by atoms with Crippen LogP contribution in [-0.4, -0.2) is 36.5 Å². The first-order valence-electron chi connectivity index (χ1n) is 7.78. The van der Waals surface area contributed by atoms with Gasteiger partial charge in [0.1, 0.15) is 0 Å². The molecule has 1 saturated heterocycles. The highest BCUT2D eigenvalue weighted by atomic mass is 16.2. The molecule has 1 heterocycles. The summed E-state index contributed by atoms with van der Waals surface area (Å²) in [4.78, 5) is 14.7. The number of carbonyl (C=O) groups is 1. The Hall–Kier alpha value is -0.570. The molecule has 2 unspecified atom stereocenters. The lowest BCUT2D eigenvalue weighted by Gasteiger charge is -2.34. The Kier molecular flexibility index (Phi) is 3.60. The summed E-state index contributed by atoms with van der Waals surface area (Å²) < 4.78 is 0. The lowest BCUT2D eigenvalue weighted by Crippen LogP contribution is -2.52. The van der Waals surface area contributed by atoms with Crippen molar-refractivity contribution in [2.24, 2.45) is 17.8 Å². The van der Waals surface area contributed by atoms with E-state index in [1.807, 2.05) is 0 Å². The minimum atomic E-state index is 0.383. The number of nitrogens with zero attached hydrogens (tertiary/aromatic N) is 1. The van der Waals surface area contributed by atoms with Crippen LogP contribution in [0, 0.1) is 17.8 Å². The molecule has 102 valence electrons. The number of hydrogen-bond acceptors (Lipinski definition) is 2. The van der Waals surface area contributed by atoms with Crippen LogP contribution in [0.5, 0.6) is 0 Å². The van der Waals surface area contributed by atoms with E-state index in [0.717, 1.165) is 31.5 Å². The molecular formula is C15H26N2O. The summed E-state index contributed by atoms with van der Waals surface area (Å²) in [6.45, 7) is 5.01. The number of rotatable bonds is 2. The quantitative estimate of drug-likeness (QED) is 0.813. The molecule has 2 aliphatic carbocycles. The van der Waals surface area contributed by atoms with Crippen LogP contribution in [-0.2, 0) is 4.79 Å². The van der Waals surface area contributed by atoms with Gasteiger partial charge in [0.15, 0.2) is 0 Å². The van der Waals surface area contributed by atoms with Crippen LogP contribution in [0.25, 0.3) is 0 Å². The van der Waals surface area contributed by atoms with Crippen molar-refractivity contribution in [3.05, 3.63) is 0 Å². The first-order valence-corrected chi connectivity index (χ1v) is 7.78. The number of amides is 1. The van der Waals surface area contributed by atoms with Gasteiger partial charge in [-0.15, -0.1) is 0 Å². The third-order valence-corrected chi connectivity index (χ3v) is 5.20. The molecular weight excluding hydrogens is 224 g/mol. The first-order chi connectivity index (χ1) is 8.77. The number of piperazine rings is 1. The molecule has 0 bridgehead atoms. The van der Waals surface area contributed by atoms with E-state index in [2.05, 4.69) is 17.1 Å². The Morgan fingerprint density at radius 3 is 2.72 bits per heavy atom. The molecule has 0 spiro atoms. The van der Waals surface area contributed by atoms with Crippen LogP contribution in [0.2, 0.25) is 0 Å². The molecule has 3 nitrogen and oxygen atoms in total. The van der Waals surface area contributed by atoms with Crippen molar-refractivity contribution in [1.29, 1.82) is 0 Å². The minimum absolute atomic E-state index is 0.383. The summed E-state index contributed by atoms with van der Waals surface area (Å²) >= 11 is 0. The topological polar surface area (TPSA) is 32.3 Å². The largest absolute Gasteiger partial charge is 0.337 e. The van der Waals surface area contributed by atoms with E-state index in [0.29, 0.717) is 17.9 Å². The molecule has 2 saturated carbocycles. The molecule has 1 N–H and O–H groups in total. The molecule has 3 fully saturated rings. The average molecular weight is 250 g/mol. The molecule has 3 aliphatic rings. The lowest BCUT2D eigenvalue weighted by atomic mass is 9.85. The molecule has 0 radical (unpaired) electrons. The normalized spacial score (nSPS) is 37.6. The summed E-state index contributed by atoms with van der Waals surface area (Å²) in [6.07, 6.45) is 8.14. The van der Waals surface area contributed by atoms with Gasteiger partial charge in [-0.25, -0.2) is 0 Å².